The summed E-state index contributed by atoms with van der Waals surface area (Å²) in [7, 11) is 3.00. The van der Waals surface area contributed by atoms with Gasteiger partial charge in [-0.15, -0.1) is 0 Å². The lowest BCUT2D eigenvalue weighted by molar-refractivity contribution is -0.131. The minimum absolute atomic E-state index is 0.0785. The Balaban J connectivity index is 2.26. The van der Waals surface area contributed by atoms with Crippen molar-refractivity contribution in [1.82, 2.24) is 10.6 Å². The van der Waals surface area contributed by atoms with Gasteiger partial charge in [0, 0.05) is 27.2 Å². The largest absolute Gasteiger partial charge is 0.355 e. The van der Waals surface area contributed by atoms with Gasteiger partial charge in [0.1, 0.15) is 0 Å². The van der Waals surface area contributed by atoms with Gasteiger partial charge in [0.25, 0.3) is 0 Å². The van der Waals surface area contributed by atoms with Crippen molar-refractivity contribution < 1.29 is 19.1 Å². The van der Waals surface area contributed by atoms with E-state index in [4.69, 9.17) is 9.47 Å². The maximum atomic E-state index is 11.5. The van der Waals surface area contributed by atoms with Gasteiger partial charge in [0.05, 0.1) is 12.5 Å². The topological polar surface area (TPSA) is 76.7 Å². The molecule has 0 saturated carbocycles. The fraction of sp³-hybridized carbons (Fsp3) is 0.778. The smallest absolute Gasteiger partial charge is 0.225 e. The lowest BCUT2D eigenvalue weighted by Gasteiger charge is -2.15. The molecule has 2 amide bonds. The zero-order valence-electron chi connectivity index (χ0n) is 8.91. The molecular formula is C9H16N2O4. The summed E-state index contributed by atoms with van der Waals surface area (Å²) in [4.78, 5) is 22.4. The molecule has 86 valence electrons. The normalized spacial score (nSPS) is 20.5. The molecule has 1 atom stereocenters. The lowest BCUT2D eigenvalue weighted by atomic mass is 10.1. The summed E-state index contributed by atoms with van der Waals surface area (Å²) in [6, 6.07) is 0. The molecule has 1 fully saturated rings. The van der Waals surface area contributed by atoms with E-state index in [-0.39, 0.29) is 30.7 Å². The number of methoxy groups -OCH3 is 2. The van der Waals surface area contributed by atoms with Crippen LogP contribution in [0.15, 0.2) is 0 Å². The average Bonchev–Trinajstić information content (AvgIpc) is 2.66. The predicted octanol–water partition coefficient (Wildman–Crippen LogP) is -1.14. The highest BCUT2D eigenvalue weighted by atomic mass is 16.7. The average molecular weight is 216 g/mol. The van der Waals surface area contributed by atoms with Crippen molar-refractivity contribution in [3.63, 3.8) is 0 Å². The van der Waals surface area contributed by atoms with Crippen LogP contribution in [0, 0.1) is 5.92 Å². The molecule has 1 heterocycles. The van der Waals surface area contributed by atoms with Gasteiger partial charge in [-0.05, 0) is 0 Å². The van der Waals surface area contributed by atoms with E-state index >= 15 is 0 Å². The van der Waals surface area contributed by atoms with E-state index in [1.807, 2.05) is 0 Å². The van der Waals surface area contributed by atoms with Crippen LogP contribution in [0.25, 0.3) is 0 Å². The Morgan fingerprint density at radius 1 is 1.60 bits per heavy atom. The highest BCUT2D eigenvalue weighted by Crippen LogP contribution is 2.08. The Morgan fingerprint density at radius 2 is 2.27 bits per heavy atom. The fourth-order valence-electron chi connectivity index (χ4n) is 1.38. The maximum Gasteiger partial charge on any atom is 0.225 e. The van der Waals surface area contributed by atoms with Crippen LogP contribution < -0.4 is 10.6 Å². The number of nitrogens with one attached hydrogen (secondary N) is 2. The number of rotatable bonds is 5. The molecule has 6 nitrogen and oxygen atoms in total. The van der Waals surface area contributed by atoms with Gasteiger partial charge >= 0.3 is 0 Å². The lowest BCUT2D eigenvalue weighted by Crippen LogP contribution is -2.38. The Morgan fingerprint density at radius 3 is 2.73 bits per heavy atom. The summed E-state index contributed by atoms with van der Waals surface area (Å²) in [5, 5.41) is 5.27. The maximum absolute atomic E-state index is 11.5. The van der Waals surface area contributed by atoms with Crippen molar-refractivity contribution in [2.45, 2.75) is 12.7 Å². The van der Waals surface area contributed by atoms with E-state index in [0.717, 1.165) is 0 Å². The second kappa shape index (κ2) is 5.67. The van der Waals surface area contributed by atoms with Crippen LogP contribution in [0.2, 0.25) is 0 Å². The molecule has 0 spiro atoms. The SMILES string of the molecule is COC(CNC(=O)C1CNC(=O)C1)OC. The van der Waals surface area contributed by atoms with E-state index in [1.165, 1.54) is 14.2 Å². The molecule has 1 rings (SSSR count). The van der Waals surface area contributed by atoms with E-state index < -0.39 is 6.29 Å². The van der Waals surface area contributed by atoms with E-state index in [9.17, 15) is 9.59 Å². The molecule has 0 bridgehead atoms. The van der Waals surface area contributed by atoms with Crippen molar-refractivity contribution in [3.8, 4) is 0 Å². The van der Waals surface area contributed by atoms with E-state index in [2.05, 4.69) is 10.6 Å². The number of hydrogen-bond donors (Lipinski definition) is 2. The van der Waals surface area contributed by atoms with Crippen LogP contribution in [-0.2, 0) is 19.1 Å². The second-order valence-electron chi connectivity index (χ2n) is 3.35. The van der Waals surface area contributed by atoms with Crippen LogP contribution in [0.5, 0.6) is 0 Å². The van der Waals surface area contributed by atoms with Gasteiger partial charge in [0.2, 0.25) is 11.8 Å². The van der Waals surface area contributed by atoms with Gasteiger partial charge in [-0.2, -0.15) is 0 Å². The molecule has 0 aliphatic carbocycles. The van der Waals surface area contributed by atoms with Crippen LogP contribution in [-0.4, -0.2) is 45.4 Å². The van der Waals surface area contributed by atoms with Crippen molar-refractivity contribution in [2.24, 2.45) is 5.92 Å². The molecule has 0 aromatic carbocycles. The number of ether oxygens (including phenoxy) is 2. The Hall–Kier alpha value is -1.14. The zero-order valence-corrected chi connectivity index (χ0v) is 8.91. The summed E-state index contributed by atoms with van der Waals surface area (Å²) >= 11 is 0. The summed E-state index contributed by atoms with van der Waals surface area (Å²) in [6.45, 7) is 0.700. The third kappa shape index (κ3) is 3.49. The first kappa shape index (κ1) is 11.9. The molecule has 0 aromatic heterocycles. The number of amides is 2. The van der Waals surface area contributed by atoms with E-state index in [0.29, 0.717) is 6.54 Å². The monoisotopic (exact) mass is 216 g/mol. The summed E-state index contributed by atoms with van der Waals surface area (Å²) in [5.74, 6) is -0.496. The molecule has 2 N–H and O–H groups in total. The van der Waals surface area contributed by atoms with Crippen LogP contribution in [0.1, 0.15) is 6.42 Å². The standard InChI is InChI=1S/C9H16N2O4/c1-14-8(15-2)5-11-9(13)6-3-7(12)10-4-6/h6,8H,3-5H2,1-2H3,(H,10,12)(H,11,13). The Labute approximate surface area is 88.3 Å². The third-order valence-electron chi connectivity index (χ3n) is 2.32. The van der Waals surface area contributed by atoms with Gasteiger partial charge in [0.15, 0.2) is 6.29 Å². The summed E-state index contributed by atoms with van der Waals surface area (Å²) in [6.07, 6.45) is -0.185. The van der Waals surface area contributed by atoms with Gasteiger partial charge < -0.3 is 20.1 Å². The molecule has 0 aromatic rings. The molecule has 1 aliphatic rings. The van der Waals surface area contributed by atoms with Crippen molar-refractivity contribution in [1.29, 1.82) is 0 Å². The highest BCUT2D eigenvalue weighted by molar-refractivity contribution is 5.89. The van der Waals surface area contributed by atoms with Crippen molar-refractivity contribution in [3.05, 3.63) is 0 Å². The minimum Gasteiger partial charge on any atom is -0.355 e. The van der Waals surface area contributed by atoms with Gasteiger partial charge in [-0.1, -0.05) is 0 Å². The molecule has 1 aliphatic heterocycles. The minimum atomic E-state index is -0.445. The number of hydrogen-bond acceptors (Lipinski definition) is 4. The van der Waals surface area contributed by atoms with Crippen LogP contribution in [0.4, 0.5) is 0 Å². The molecule has 15 heavy (non-hydrogen) atoms. The van der Waals surface area contributed by atoms with E-state index in [1.54, 1.807) is 0 Å². The third-order valence-corrected chi connectivity index (χ3v) is 2.32. The summed E-state index contributed by atoms with van der Waals surface area (Å²) in [5.41, 5.74) is 0. The first-order valence-electron chi connectivity index (χ1n) is 4.77. The second-order valence-corrected chi connectivity index (χ2v) is 3.35. The fourth-order valence-corrected chi connectivity index (χ4v) is 1.38. The zero-order chi connectivity index (χ0) is 11.3. The van der Waals surface area contributed by atoms with Crippen molar-refractivity contribution in [2.75, 3.05) is 27.3 Å². The van der Waals surface area contributed by atoms with Crippen LogP contribution >= 0.6 is 0 Å². The highest BCUT2D eigenvalue weighted by Gasteiger charge is 2.27. The molecule has 1 saturated heterocycles. The predicted molar refractivity (Wildman–Crippen MR) is 51.9 cm³/mol. The first-order chi connectivity index (χ1) is 7.17. The van der Waals surface area contributed by atoms with Gasteiger partial charge in [-0.25, -0.2) is 0 Å². The molecule has 6 heteroatoms. The number of carbonyl (C=O) groups is 2. The van der Waals surface area contributed by atoms with Gasteiger partial charge in [-0.3, -0.25) is 9.59 Å². The quantitative estimate of drug-likeness (QED) is 0.569. The molecule has 1 unspecified atom stereocenters. The Bertz CT molecular complexity index is 240. The van der Waals surface area contributed by atoms with Crippen LogP contribution in [0.3, 0.4) is 0 Å². The first-order valence-corrected chi connectivity index (χ1v) is 4.77. The number of carbonyl (C=O) groups excluding carboxylic acids is 2. The molecular weight excluding hydrogens is 200 g/mol. The summed E-state index contributed by atoms with van der Waals surface area (Å²) < 4.78 is 9.83. The Kier molecular flexibility index (Phi) is 4.51. The molecule has 0 radical (unpaired) electrons. The van der Waals surface area contributed by atoms with Crippen molar-refractivity contribution >= 4 is 11.8 Å².